The van der Waals surface area contributed by atoms with Gasteiger partial charge in [0, 0.05) is 25.9 Å². The van der Waals surface area contributed by atoms with E-state index in [2.05, 4.69) is 58.2 Å². The van der Waals surface area contributed by atoms with Crippen molar-refractivity contribution in [1.29, 1.82) is 0 Å². The SMILES string of the molecule is CC[C@H](C)[C@H](NC(=O)[C@H](CCCN=C(N)N)NC(=O)[C@@H](NC(=O)[C@H](CO)NC(=O)[C@H](CCC(=O)O)NC(=O)[C@@H](N)Cc1ccc(O)cc1)[C@@H](C)CC)C(=O)NCC(=O)N[C@H](C(=O)N[C@@H](C)C(=O)N1CCC[C@H]1C(=O)N[C@@H](CO)C(=O)N[C@@H](CCC(N)=O)C(=O)O)C(C)C.O=C(O)C(F)(F)F. The lowest BCUT2D eigenvalue weighted by Crippen LogP contribution is -2.61. The maximum atomic E-state index is 14.3. The number of nitrogens with two attached hydrogens (primary N) is 4. The number of guanidine groups is 1. The summed E-state index contributed by atoms with van der Waals surface area (Å²) in [4.78, 5) is 199. The van der Waals surface area contributed by atoms with Gasteiger partial charge in [0.2, 0.25) is 70.9 Å². The second-order valence-electron chi connectivity index (χ2n) is 23.8. The van der Waals surface area contributed by atoms with Crippen molar-refractivity contribution in [3.05, 3.63) is 29.8 Å². The number of primary amides is 1. The molecule has 12 amide bonds. The molecule has 13 atom stereocenters. The molecular formula is C60H95F3N16O21. The number of aliphatic hydroxyl groups excluding tert-OH is 2. The number of likely N-dealkylation sites (tertiary alicyclic amines) is 1. The number of aliphatic carboxylic acids is 3. The van der Waals surface area contributed by atoms with Crippen molar-refractivity contribution < 1.29 is 116 Å². The van der Waals surface area contributed by atoms with Crippen molar-refractivity contribution in [3.8, 4) is 5.75 Å². The Morgan fingerprint density at radius 3 is 1.57 bits per heavy atom. The number of alkyl halides is 3. The number of carbonyl (C=O) groups excluding carboxylic acids is 12. The third kappa shape index (κ3) is 31.3. The zero-order valence-corrected chi connectivity index (χ0v) is 56.4. The highest BCUT2D eigenvalue weighted by atomic mass is 19.4. The summed E-state index contributed by atoms with van der Waals surface area (Å²) in [7, 11) is 0. The van der Waals surface area contributed by atoms with E-state index in [9.17, 15) is 106 Å². The highest BCUT2D eigenvalue weighted by Crippen LogP contribution is 2.20. The number of nitrogens with one attached hydrogen (secondary N) is 10. The van der Waals surface area contributed by atoms with Gasteiger partial charge < -0.3 is 112 Å². The van der Waals surface area contributed by atoms with Crippen molar-refractivity contribution in [2.24, 2.45) is 45.7 Å². The van der Waals surface area contributed by atoms with Gasteiger partial charge in [-0.15, -0.1) is 0 Å². The van der Waals surface area contributed by atoms with Crippen LogP contribution in [0.2, 0.25) is 0 Å². The van der Waals surface area contributed by atoms with Crippen LogP contribution in [0, 0.1) is 17.8 Å². The van der Waals surface area contributed by atoms with Crippen molar-refractivity contribution in [2.45, 2.75) is 192 Å². The standard InChI is InChI=1S/C58H94N16O19.C2HF3O2/c1-8-29(5)45(53(88)64-25-42(79)71-44(28(3)4)54(89)65-31(7)56(91)74-23-11-13-40(74)52(87)70-38(26-75)50(85)68-37(57(92)93)18-20-41(60)78)72-49(84)35(12-10-22-63-58(61)62)67-55(90)46(30(6)9-2)73-51(86)39(27-76)69-48(83)36(19-21-43(80)81)66-47(82)34(59)24-32-14-16-33(77)17-15-32;3-2(4,5)1(6)7/h14-17,28-31,34-40,44-46,75-77H,8-13,18-27,59H2,1-7H3,(H2,60,78)(H,64,88)(H,65,89)(H,66,82)(H,67,90)(H,68,85)(H,69,83)(H,70,87)(H,71,79)(H,72,84)(H,73,86)(H,80,81)(H,92,93)(H4,61,62,63);(H,6,7)/t29-,30-,31-,34-,35-,36-,37-,38-,39-,40-,44-,45-,46-;/m0./s1. The highest BCUT2D eigenvalue weighted by molar-refractivity contribution is 5.99. The van der Waals surface area contributed by atoms with E-state index in [0.29, 0.717) is 18.4 Å². The van der Waals surface area contributed by atoms with Crippen molar-refractivity contribution in [1.82, 2.24) is 58.1 Å². The molecule has 0 aliphatic carbocycles. The van der Waals surface area contributed by atoms with Crippen LogP contribution in [0.25, 0.3) is 0 Å². The van der Waals surface area contributed by atoms with E-state index in [1.807, 2.05) is 0 Å². The molecule has 24 N–H and O–H groups in total. The fourth-order valence-corrected chi connectivity index (χ4v) is 9.44. The molecule has 0 spiro atoms. The van der Waals surface area contributed by atoms with Gasteiger partial charge in [-0.2, -0.15) is 13.2 Å². The molecule has 1 aliphatic heterocycles. The predicted molar refractivity (Wildman–Crippen MR) is 345 cm³/mol. The summed E-state index contributed by atoms with van der Waals surface area (Å²) in [6, 6.07) is -10.1. The third-order valence-corrected chi connectivity index (χ3v) is 15.6. The average molecular weight is 1430 g/mol. The molecule has 0 aromatic heterocycles. The Morgan fingerprint density at radius 2 is 1.07 bits per heavy atom. The van der Waals surface area contributed by atoms with Gasteiger partial charge in [-0.3, -0.25) is 67.3 Å². The van der Waals surface area contributed by atoms with E-state index in [-0.39, 0.29) is 69.7 Å². The van der Waals surface area contributed by atoms with Gasteiger partial charge in [-0.1, -0.05) is 66.5 Å². The van der Waals surface area contributed by atoms with Crippen LogP contribution in [-0.2, 0) is 78.3 Å². The van der Waals surface area contributed by atoms with E-state index in [0.717, 1.165) is 4.90 Å². The highest BCUT2D eigenvalue weighted by Gasteiger charge is 2.41. The molecule has 1 aromatic carbocycles. The van der Waals surface area contributed by atoms with E-state index in [1.165, 1.54) is 31.2 Å². The minimum atomic E-state index is -5.08. The topological polar surface area (TPSA) is 617 Å². The number of phenols is 1. The maximum Gasteiger partial charge on any atom is 0.490 e. The molecule has 0 unspecified atom stereocenters. The molecule has 1 aliphatic rings. The Balaban J connectivity index is 0.00000675. The Morgan fingerprint density at radius 1 is 0.600 bits per heavy atom. The number of halogens is 3. The lowest BCUT2D eigenvalue weighted by Gasteiger charge is -2.30. The molecule has 40 heteroatoms. The molecule has 1 heterocycles. The van der Waals surface area contributed by atoms with E-state index in [4.69, 9.17) is 32.8 Å². The predicted octanol–water partition coefficient (Wildman–Crippen LogP) is -5.61. The number of nitrogens with zero attached hydrogens (tertiary/aromatic N) is 2. The number of aliphatic hydroxyl groups is 2. The minimum absolute atomic E-state index is 0.0184. The number of carboxylic acids is 3. The van der Waals surface area contributed by atoms with Gasteiger partial charge in [-0.05, 0) is 87.3 Å². The smallest absolute Gasteiger partial charge is 0.490 e. The van der Waals surface area contributed by atoms with Gasteiger partial charge in [0.1, 0.15) is 66.2 Å². The number of hydrogen-bond acceptors (Lipinski definition) is 20. The van der Waals surface area contributed by atoms with Crippen LogP contribution in [0.15, 0.2) is 29.3 Å². The number of hydrogen-bond donors (Lipinski definition) is 20. The molecule has 0 radical (unpaired) electrons. The van der Waals surface area contributed by atoms with Gasteiger partial charge in [0.25, 0.3) is 0 Å². The van der Waals surface area contributed by atoms with Gasteiger partial charge in [0.05, 0.1) is 25.8 Å². The summed E-state index contributed by atoms with van der Waals surface area (Å²) in [5.74, 6) is -18.7. The van der Waals surface area contributed by atoms with Crippen molar-refractivity contribution in [2.75, 3.05) is 32.8 Å². The maximum absolute atomic E-state index is 14.3. The van der Waals surface area contributed by atoms with Crippen LogP contribution in [0.3, 0.4) is 0 Å². The Kier molecular flexibility index (Phi) is 38.2. The lowest BCUT2D eigenvalue weighted by molar-refractivity contribution is -0.192. The first-order valence-electron chi connectivity index (χ1n) is 31.8. The van der Waals surface area contributed by atoms with E-state index >= 15 is 0 Å². The molecule has 1 saturated heterocycles. The van der Waals surface area contributed by atoms with Crippen LogP contribution in [-0.4, -0.2) is 236 Å². The summed E-state index contributed by atoms with van der Waals surface area (Å²) in [5.41, 5.74) is 22.7. The molecule has 562 valence electrons. The molecule has 0 bridgehead atoms. The first-order valence-corrected chi connectivity index (χ1v) is 31.8. The molecule has 1 fully saturated rings. The van der Waals surface area contributed by atoms with Gasteiger partial charge in [0.15, 0.2) is 5.96 Å². The molecule has 0 saturated carbocycles. The number of carbonyl (C=O) groups is 15. The Hall–Kier alpha value is -9.99. The number of amides is 12. The summed E-state index contributed by atoms with van der Waals surface area (Å²) < 4.78 is 31.7. The number of carboxylic acid groups (broad SMARTS) is 3. The van der Waals surface area contributed by atoms with Crippen LogP contribution >= 0.6 is 0 Å². The lowest BCUT2D eigenvalue weighted by atomic mass is 9.96. The second-order valence-corrected chi connectivity index (χ2v) is 23.8. The normalized spacial score (nSPS) is 16.2. The quantitative estimate of drug-likeness (QED) is 0.0165. The second kappa shape index (κ2) is 43.4. The molecule has 100 heavy (non-hydrogen) atoms. The van der Waals surface area contributed by atoms with Gasteiger partial charge in [-0.25, -0.2) is 9.59 Å². The van der Waals surface area contributed by atoms with E-state index < -0.39 is 212 Å². The zero-order chi connectivity index (χ0) is 76.5. The number of aromatic hydroxyl groups is 1. The third-order valence-electron chi connectivity index (χ3n) is 15.6. The van der Waals surface area contributed by atoms with Crippen molar-refractivity contribution in [3.63, 3.8) is 0 Å². The molecule has 2 rings (SSSR count). The summed E-state index contributed by atoms with van der Waals surface area (Å²) >= 11 is 0. The fourth-order valence-electron chi connectivity index (χ4n) is 9.44. The van der Waals surface area contributed by atoms with Crippen LogP contribution < -0.4 is 76.1 Å². The molecular weight excluding hydrogens is 1340 g/mol. The zero-order valence-electron chi connectivity index (χ0n) is 56.4. The Labute approximate surface area is 572 Å². The van der Waals surface area contributed by atoms with Gasteiger partial charge >= 0.3 is 24.1 Å². The van der Waals surface area contributed by atoms with Crippen molar-refractivity contribution >= 4 is 94.8 Å². The first kappa shape index (κ1) is 88.0. The van der Waals surface area contributed by atoms with Crippen LogP contribution in [0.5, 0.6) is 5.75 Å². The summed E-state index contributed by atoms with van der Waals surface area (Å²) in [5, 5.41) is 80.2. The Bertz CT molecular complexity index is 3030. The number of rotatable bonds is 41. The van der Waals surface area contributed by atoms with E-state index in [1.54, 1.807) is 41.5 Å². The number of benzene rings is 1. The van der Waals surface area contributed by atoms with Crippen LogP contribution in [0.4, 0.5) is 13.2 Å². The summed E-state index contributed by atoms with van der Waals surface area (Å²) in [6.07, 6.45) is -6.04. The number of phenolic OH excluding ortho intramolecular Hbond substituents is 1. The minimum Gasteiger partial charge on any atom is -0.508 e. The van der Waals surface area contributed by atoms with Crippen LogP contribution in [0.1, 0.15) is 118 Å². The monoisotopic (exact) mass is 1430 g/mol. The summed E-state index contributed by atoms with van der Waals surface area (Å²) in [6.45, 7) is 8.39. The fraction of sp³-hybridized carbons (Fsp3) is 0.633. The molecule has 37 nitrogen and oxygen atoms in total. The molecule has 1 aromatic rings. The average Bonchev–Trinajstić information content (AvgIpc) is 1.59. The first-order chi connectivity index (χ1) is 46.6. The number of aliphatic imine (C=N–C) groups is 1. The largest absolute Gasteiger partial charge is 0.508 e.